The second kappa shape index (κ2) is 9.96. The van der Waals surface area contributed by atoms with Gasteiger partial charge in [0.15, 0.2) is 0 Å². The number of hydrogen-bond acceptors (Lipinski definition) is 6. The zero-order chi connectivity index (χ0) is 18.1. The average molecular weight is 373 g/mol. The molecule has 2 rings (SSSR count). The Kier molecular flexibility index (Phi) is 7.63. The second-order valence-corrected chi connectivity index (χ2v) is 6.91. The zero-order valence-electron chi connectivity index (χ0n) is 14.0. The van der Waals surface area contributed by atoms with Gasteiger partial charge in [0.2, 0.25) is 0 Å². The Balaban J connectivity index is 2.20. The van der Waals surface area contributed by atoms with Crippen LogP contribution in [-0.2, 0) is 15.3 Å². The van der Waals surface area contributed by atoms with Gasteiger partial charge in [-0.3, -0.25) is 0 Å². The summed E-state index contributed by atoms with van der Waals surface area (Å²) in [7, 11) is 1.29. The van der Waals surface area contributed by atoms with Crippen LogP contribution in [0.25, 0.3) is 5.57 Å². The summed E-state index contributed by atoms with van der Waals surface area (Å²) in [6, 6.07) is 17.2. The van der Waals surface area contributed by atoms with Crippen LogP contribution < -0.4 is 0 Å². The molecule has 4 nitrogen and oxygen atoms in total. The minimum atomic E-state index is -0.567. The molecule has 0 fully saturated rings. The summed E-state index contributed by atoms with van der Waals surface area (Å²) in [5, 5.41) is 9.43. The van der Waals surface area contributed by atoms with E-state index >= 15 is 0 Å². The van der Waals surface area contributed by atoms with Crippen LogP contribution in [0.1, 0.15) is 11.1 Å². The molecule has 0 aromatic heterocycles. The van der Waals surface area contributed by atoms with Crippen molar-refractivity contribution in [1.82, 2.24) is 0 Å². The quantitative estimate of drug-likeness (QED) is 0.261. The summed E-state index contributed by atoms with van der Waals surface area (Å²) in [5.74, 6) is 0.0554. The lowest BCUT2D eigenvalue weighted by Gasteiger charge is -2.11. The highest BCUT2D eigenvalue weighted by Crippen LogP contribution is 2.28. The van der Waals surface area contributed by atoms with E-state index in [2.05, 4.69) is 4.99 Å². The molecule has 0 saturated carbocycles. The molecule has 0 bridgehead atoms. The summed E-state index contributed by atoms with van der Waals surface area (Å²) < 4.78 is 5.66. The number of para-hydroxylation sites is 1. The fourth-order valence-corrected chi connectivity index (χ4v) is 3.68. The maximum atomic E-state index is 11.8. The smallest absolute Gasteiger partial charge is 0.341 e. The van der Waals surface area contributed by atoms with Crippen molar-refractivity contribution in [2.75, 3.05) is 13.4 Å². The van der Waals surface area contributed by atoms with E-state index in [1.165, 1.54) is 7.11 Å². The first-order chi connectivity index (χ1) is 12.2. The van der Waals surface area contributed by atoms with Crippen molar-refractivity contribution in [3.8, 4) is 0 Å². The lowest BCUT2D eigenvalue weighted by molar-refractivity contribution is -0.133. The molecule has 2 aromatic carbocycles. The number of aliphatic hydroxyl groups is 1. The van der Waals surface area contributed by atoms with Gasteiger partial charge < -0.3 is 9.84 Å². The Morgan fingerprint density at radius 3 is 2.48 bits per heavy atom. The van der Waals surface area contributed by atoms with Crippen LogP contribution in [0.5, 0.6) is 0 Å². The molecule has 0 aliphatic carbocycles. The number of methoxy groups -OCH3 is 1. The van der Waals surface area contributed by atoms with Crippen molar-refractivity contribution in [1.29, 1.82) is 0 Å². The summed E-state index contributed by atoms with van der Waals surface area (Å²) in [4.78, 5) is 16.5. The molecule has 0 saturated heterocycles. The third-order valence-corrected chi connectivity index (χ3v) is 5.43. The van der Waals surface area contributed by atoms with E-state index in [0.717, 1.165) is 21.9 Å². The molecule has 0 amide bonds. The number of nitrogens with zero attached hydrogens (tertiary/aromatic N) is 1. The zero-order valence-corrected chi connectivity index (χ0v) is 15.6. The minimum Gasteiger partial charge on any atom is -0.515 e. The Hall–Kier alpha value is -2.18. The lowest BCUT2D eigenvalue weighted by atomic mass is 10.0. The first kappa shape index (κ1) is 19.1. The molecule has 6 heteroatoms. The molecule has 0 aliphatic rings. The van der Waals surface area contributed by atoms with Crippen LogP contribution in [0, 0.1) is 0 Å². The van der Waals surface area contributed by atoms with Gasteiger partial charge >= 0.3 is 5.97 Å². The topological polar surface area (TPSA) is 58.9 Å². The molecule has 25 heavy (non-hydrogen) atoms. The largest absolute Gasteiger partial charge is 0.515 e. The number of carbonyl (C=O) groups is 1. The average Bonchev–Trinajstić information content (AvgIpc) is 2.67. The van der Waals surface area contributed by atoms with E-state index in [0.29, 0.717) is 11.3 Å². The molecule has 0 spiro atoms. The summed E-state index contributed by atoms with van der Waals surface area (Å²) in [6.45, 7) is 0. The highest BCUT2D eigenvalue weighted by molar-refractivity contribution is 8.38. The standard InChI is InChI=1S/C19H19NO3S2/c1-23-18(22)17(12-21)16-11-7-6-8-14(16)13-25-19(24-2)20-15-9-4-3-5-10-15/h3-12,21H,13H2,1-2H3. The van der Waals surface area contributed by atoms with E-state index in [4.69, 9.17) is 4.74 Å². The third-order valence-electron chi connectivity index (χ3n) is 3.34. The molecule has 0 radical (unpaired) electrons. The van der Waals surface area contributed by atoms with E-state index in [1.54, 1.807) is 29.6 Å². The Bertz CT molecular complexity index is 773. The number of thioether (sulfide) groups is 2. The highest BCUT2D eigenvalue weighted by Gasteiger charge is 2.16. The van der Waals surface area contributed by atoms with Crippen LogP contribution in [0.2, 0.25) is 0 Å². The SMILES string of the molecule is COC(=O)C(=CO)c1ccccc1CSC(=Nc1ccccc1)SC. The number of carbonyl (C=O) groups excluding carboxylic acids is 1. The molecular weight excluding hydrogens is 354 g/mol. The van der Waals surface area contributed by atoms with Gasteiger partial charge in [-0.1, -0.05) is 54.2 Å². The molecule has 1 N–H and O–H groups in total. The number of aliphatic hydroxyl groups excluding tert-OH is 1. The van der Waals surface area contributed by atoms with Crippen LogP contribution in [0.15, 0.2) is 65.9 Å². The molecule has 0 atom stereocenters. The van der Waals surface area contributed by atoms with Crippen LogP contribution >= 0.6 is 23.5 Å². The fourth-order valence-electron chi connectivity index (χ4n) is 2.14. The number of aliphatic imine (C=N–C) groups is 1. The number of ether oxygens (including phenoxy) is 1. The van der Waals surface area contributed by atoms with Gasteiger partial charge in [-0.2, -0.15) is 0 Å². The summed E-state index contributed by atoms with van der Waals surface area (Å²) in [6.07, 6.45) is 2.77. The molecular formula is C19H19NO3S2. The minimum absolute atomic E-state index is 0.143. The summed E-state index contributed by atoms with van der Waals surface area (Å²) >= 11 is 3.15. The molecule has 0 aliphatic heterocycles. The van der Waals surface area contributed by atoms with Gasteiger partial charge in [0.05, 0.1) is 19.1 Å². The van der Waals surface area contributed by atoms with Crippen molar-refractivity contribution in [2.45, 2.75) is 5.75 Å². The Labute approximate surface area is 156 Å². The third kappa shape index (κ3) is 5.41. The molecule has 130 valence electrons. The van der Waals surface area contributed by atoms with Crippen LogP contribution in [0.4, 0.5) is 5.69 Å². The van der Waals surface area contributed by atoms with Gasteiger partial charge in [-0.25, -0.2) is 9.79 Å². The van der Waals surface area contributed by atoms with Gasteiger partial charge in [0, 0.05) is 5.75 Å². The van der Waals surface area contributed by atoms with Crippen LogP contribution in [0.3, 0.4) is 0 Å². The van der Waals surface area contributed by atoms with Crippen molar-refractivity contribution in [3.05, 3.63) is 72.0 Å². The van der Waals surface area contributed by atoms with E-state index < -0.39 is 5.97 Å². The van der Waals surface area contributed by atoms with Gasteiger partial charge in [-0.05, 0) is 29.5 Å². The molecule has 2 aromatic rings. The lowest BCUT2D eigenvalue weighted by Crippen LogP contribution is -2.06. The Morgan fingerprint density at radius 2 is 1.84 bits per heavy atom. The van der Waals surface area contributed by atoms with Crippen molar-refractivity contribution in [2.24, 2.45) is 4.99 Å². The fraction of sp³-hybridized carbons (Fsp3) is 0.158. The van der Waals surface area contributed by atoms with Gasteiger partial charge in [0.1, 0.15) is 9.95 Å². The number of hydrogen-bond donors (Lipinski definition) is 1. The number of esters is 1. The maximum absolute atomic E-state index is 11.8. The highest BCUT2D eigenvalue weighted by atomic mass is 32.2. The maximum Gasteiger partial charge on any atom is 0.341 e. The molecule has 0 heterocycles. The number of benzene rings is 2. The second-order valence-electron chi connectivity index (χ2n) is 4.90. The van der Waals surface area contributed by atoms with Crippen LogP contribution in [-0.4, -0.2) is 28.8 Å². The molecule has 0 unspecified atom stereocenters. The first-order valence-electron chi connectivity index (χ1n) is 7.51. The van der Waals surface area contributed by atoms with Crippen molar-refractivity contribution in [3.63, 3.8) is 0 Å². The van der Waals surface area contributed by atoms with E-state index in [-0.39, 0.29) is 5.57 Å². The van der Waals surface area contributed by atoms with Gasteiger partial charge in [-0.15, -0.1) is 11.8 Å². The van der Waals surface area contributed by atoms with Crippen molar-refractivity contribution < 1.29 is 14.6 Å². The Morgan fingerprint density at radius 1 is 1.16 bits per heavy atom. The van der Waals surface area contributed by atoms with Crippen molar-refractivity contribution >= 4 is 45.1 Å². The number of rotatable bonds is 5. The first-order valence-corrected chi connectivity index (χ1v) is 9.72. The van der Waals surface area contributed by atoms with E-state index in [1.807, 2.05) is 54.8 Å². The predicted molar refractivity (Wildman–Crippen MR) is 107 cm³/mol. The normalized spacial score (nSPS) is 12.1. The van der Waals surface area contributed by atoms with Gasteiger partial charge in [0.25, 0.3) is 0 Å². The summed E-state index contributed by atoms with van der Waals surface area (Å²) in [5.41, 5.74) is 2.63. The van der Waals surface area contributed by atoms with E-state index in [9.17, 15) is 9.90 Å². The monoisotopic (exact) mass is 373 g/mol. The predicted octanol–water partition coefficient (Wildman–Crippen LogP) is 5.04.